The predicted molar refractivity (Wildman–Crippen MR) is 70.6 cm³/mol. The lowest BCUT2D eigenvalue weighted by Crippen LogP contribution is -2.27. The summed E-state index contributed by atoms with van der Waals surface area (Å²) in [4.78, 5) is 36.6. The average Bonchev–Trinajstić information content (AvgIpc) is 2.69. The maximum Gasteiger partial charge on any atom is 0.236 e. The zero-order valence-corrected chi connectivity index (χ0v) is 11.6. The van der Waals surface area contributed by atoms with Crippen molar-refractivity contribution in [2.75, 3.05) is 17.7 Å². The Morgan fingerprint density at radius 2 is 2.28 bits per heavy atom. The van der Waals surface area contributed by atoms with E-state index in [2.05, 4.69) is 15.0 Å². The van der Waals surface area contributed by atoms with Gasteiger partial charge < -0.3 is 0 Å². The number of anilines is 1. The molecule has 1 aromatic heterocycles. The standard InChI is InChI=1S/C10H12N4O2S2/c1-6(15)18-7-3-8(16)14(4-7)9-11-5-12-10(13-9)17-2/h5,7H,3-4H2,1-2H3. The molecule has 0 aromatic carbocycles. The van der Waals surface area contributed by atoms with Crippen LogP contribution < -0.4 is 4.90 Å². The van der Waals surface area contributed by atoms with E-state index in [1.807, 2.05) is 6.26 Å². The van der Waals surface area contributed by atoms with E-state index in [0.29, 0.717) is 24.1 Å². The third kappa shape index (κ3) is 2.99. The van der Waals surface area contributed by atoms with Gasteiger partial charge in [0.15, 0.2) is 10.3 Å². The van der Waals surface area contributed by atoms with Gasteiger partial charge in [-0.2, -0.15) is 4.98 Å². The van der Waals surface area contributed by atoms with Gasteiger partial charge in [0.05, 0.1) is 0 Å². The fourth-order valence-corrected chi connectivity index (χ4v) is 2.93. The Balaban J connectivity index is 2.13. The van der Waals surface area contributed by atoms with Gasteiger partial charge in [0.25, 0.3) is 0 Å². The molecule has 0 saturated carbocycles. The number of rotatable bonds is 3. The van der Waals surface area contributed by atoms with Crippen LogP contribution in [0, 0.1) is 0 Å². The number of aromatic nitrogens is 3. The molecule has 18 heavy (non-hydrogen) atoms. The van der Waals surface area contributed by atoms with E-state index in [9.17, 15) is 9.59 Å². The minimum atomic E-state index is -0.0491. The number of hydrogen-bond donors (Lipinski definition) is 0. The van der Waals surface area contributed by atoms with E-state index in [1.165, 1.54) is 41.7 Å². The molecule has 1 saturated heterocycles. The molecule has 8 heteroatoms. The van der Waals surface area contributed by atoms with Crippen molar-refractivity contribution in [3.05, 3.63) is 6.33 Å². The zero-order chi connectivity index (χ0) is 13.1. The third-order valence-corrected chi connectivity index (χ3v) is 3.93. The quantitative estimate of drug-likeness (QED) is 0.766. The molecule has 2 rings (SSSR count). The molecule has 1 aromatic rings. The van der Waals surface area contributed by atoms with Crippen LogP contribution in [-0.4, -0.2) is 44.0 Å². The monoisotopic (exact) mass is 284 g/mol. The first kappa shape index (κ1) is 13.3. The highest BCUT2D eigenvalue weighted by Gasteiger charge is 2.33. The maximum atomic E-state index is 11.9. The van der Waals surface area contributed by atoms with Gasteiger partial charge in [-0.3, -0.25) is 14.5 Å². The molecule has 2 heterocycles. The summed E-state index contributed by atoms with van der Waals surface area (Å²) in [6.07, 6.45) is 3.61. The molecule has 0 bridgehead atoms. The molecule has 96 valence electrons. The molecule has 1 amide bonds. The summed E-state index contributed by atoms with van der Waals surface area (Å²) < 4.78 is 0. The third-order valence-electron chi connectivity index (χ3n) is 2.38. The first-order valence-electron chi connectivity index (χ1n) is 5.30. The molecule has 1 aliphatic heterocycles. The van der Waals surface area contributed by atoms with Gasteiger partial charge in [0.1, 0.15) is 6.33 Å². The van der Waals surface area contributed by atoms with Gasteiger partial charge in [-0.25, -0.2) is 9.97 Å². The van der Waals surface area contributed by atoms with Crippen LogP contribution in [0.1, 0.15) is 13.3 Å². The average molecular weight is 284 g/mol. The first-order chi connectivity index (χ1) is 8.60. The minimum Gasteiger partial charge on any atom is -0.288 e. The predicted octanol–water partition coefficient (Wildman–Crippen LogP) is 0.978. The second-order valence-corrected chi connectivity index (χ2v) is 5.96. The van der Waals surface area contributed by atoms with E-state index < -0.39 is 0 Å². The van der Waals surface area contributed by atoms with Gasteiger partial charge in [0.2, 0.25) is 11.9 Å². The zero-order valence-electron chi connectivity index (χ0n) is 9.99. The van der Waals surface area contributed by atoms with Crippen LogP contribution in [0.5, 0.6) is 0 Å². The van der Waals surface area contributed by atoms with Crippen molar-refractivity contribution in [3.63, 3.8) is 0 Å². The smallest absolute Gasteiger partial charge is 0.236 e. The van der Waals surface area contributed by atoms with E-state index >= 15 is 0 Å². The Morgan fingerprint density at radius 3 is 2.94 bits per heavy atom. The van der Waals surface area contributed by atoms with E-state index in [0.717, 1.165) is 0 Å². The van der Waals surface area contributed by atoms with Crippen molar-refractivity contribution < 1.29 is 9.59 Å². The Morgan fingerprint density at radius 1 is 1.50 bits per heavy atom. The SMILES string of the molecule is CSc1ncnc(N2CC(SC(C)=O)CC2=O)n1. The second-order valence-electron chi connectivity index (χ2n) is 3.71. The van der Waals surface area contributed by atoms with Crippen molar-refractivity contribution >= 4 is 40.5 Å². The van der Waals surface area contributed by atoms with Gasteiger partial charge >= 0.3 is 0 Å². The number of carbonyl (C=O) groups is 2. The van der Waals surface area contributed by atoms with Crippen LogP contribution in [0.25, 0.3) is 0 Å². The molecular formula is C10H12N4O2S2. The lowest BCUT2D eigenvalue weighted by molar-refractivity contribution is -0.117. The Hall–Kier alpha value is -1.15. The van der Waals surface area contributed by atoms with Crippen molar-refractivity contribution in [1.82, 2.24) is 15.0 Å². The van der Waals surface area contributed by atoms with Crippen LogP contribution >= 0.6 is 23.5 Å². The lowest BCUT2D eigenvalue weighted by atomic mass is 10.4. The molecule has 1 aliphatic rings. The van der Waals surface area contributed by atoms with E-state index in [-0.39, 0.29) is 16.3 Å². The topological polar surface area (TPSA) is 76.1 Å². The van der Waals surface area contributed by atoms with Crippen molar-refractivity contribution in [2.24, 2.45) is 0 Å². The van der Waals surface area contributed by atoms with Crippen LogP contribution in [0.15, 0.2) is 11.5 Å². The van der Waals surface area contributed by atoms with Crippen LogP contribution in [0.3, 0.4) is 0 Å². The summed E-state index contributed by atoms with van der Waals surface area (Å²) in [7, 11) is 0. The van der Waals surface area contributed by atoms with Crippen molar-refractivity contribution in [3.8, 4) is 0 Å². The molecular weight excluding hydrogens is 272 g/mol. The molecule has 1 atom stereocenters. The van der Waals surface area contributed by atoms with Crippen LogP contribution in [0.2, 0.25) is 0 Å². The highest BCUT2D eigenvalue weighted by Crippen LogP contribution is 2.26. The number of carbonyl (C=O) groups excluding carboxylic acids is 2. The molecule has 1 fully saturated rings. The molecule has 0 spiro atoms. The summed E-state index contributed by atoms with van der Waals surface area (Å²) in [5.74, 6) is 0.318. The number of nitrogens with zero attached hydrogens (tertiary/aromatic N) is 4. The Bertz CT molecular complexity index is 483. The van der Waals surface area contributed by atoms with Crippen molar-refractivity contribution in [1.29, 1.82) is 0 Å². The highest BCUT2D eigenvalue weighted by molar-refractivity contribution is 8.14. The highest BCUT2D eigenvalue weighted by atomic mass is 32.2. The minimum absolute atomic E-state index is 0.00973. The molecule has 0 N–H and O–H groups in total. The first-order valence-corrected chi connectivity index (χ1v) is 7.41. The van der Waals surface area contributed by atoms with Crippen molar-refractivity contribution in [2.45, 2.75) is 23.8 Å². The number of hydrogen-bond acceptors (Lipinski definition) is 7. The maximum absolute atomic E-state index is 11.9. The fraction of sp³-hybridized carbons (Fsp3) is 0.500. The molecule has 1 unspecified atom stereocenters. The van der Waals surface area contributed by atoms with Gasteiger partial charge in [-0.05, 0) is 6.26 Å². The summed E-state index contributed by atoms with van der Waals surface area (Å²) >= 11 is 2.59. The normalized spacial score (nSPS) is 19.3. The van der Waals surface area contributed by atoms with Crippen LogP contribution in [0.4, 0.5) is 5.95 Å². The van der Waals surface area contributed by atoms with E-state index in [4.69, 9.17) is 0 Å². The fourth-order valence-electron chi connectivity index (χ4n) is 1.68. The summed E-state index contributed by atoms with van der Waals surface area (Å²) in [5, 5.41) is 0.593. The van der Waals surface area contributed by atoms with E-state index in [1.54, 1.807) is 0 Å². The lowest BCUT2D eigenvalue weighted by Gasteiger charge is -2.13. The number of thioether (sulfide) groups is 2. The second kappa shape index (κ2) is 5.66. The van der Waals surface area contributed by atoms with Gasteiger partial charge in [-0.15, -0.1) is 0 Å². The molecule has 0 radical (unpaired) electrons. The Kier molecular flexibility index (Phi) is 4.18. The van der Waals surface area contributed by atoms with Gasteiger partial charge in [-0.1, -0.05) is 23.5 Å². The summed E-state index contributed by atoms with van der Waals surface area (Å²) in [5.41, 5.74) is 0. The summed E-state index contributed by atoms with van der Waals surface area (Å²) in [6.45, 7) is 1.98. The van der Waals surface area contributed by atoms with Crippen LogP contribution in [-0.2, 0) is 9.59 Å². The molecule has 0 aliphatic carbocycles. The summed E-state index contributed by atoms with van der Waals surface area (Å²) in [6, 6.07) is 0. The number of amides is 1. The van der Waals surface area contributed by atoms with Gasteiger partial charge in [0, 0.05) is 25.1 Å². The largest absolute Gasteiger partial charge is 0.288 e. The Labute approximate surface area is 113 Å². The molecule has 6 nitrogen and oxygen atoms in total.